The third-order valence-corrected chi connectivity index (χ3v) is 5.00. The lowest BCUT2D eigenvalue weighted by molar-refractivity contribution is 0.313. The zero-order valence-corrected chi connectivity index (χ0v) is 15.2. The number of halogens is 1. The minimum Gasteiger partial charge on any atom is -0.369 e. The first-order valence-corrected chi connectivity index (χ1v) is 8.89. The van der Waals surface area contributed by atoms with Crippen LogP contribution in [-0.2, 0) is 0 Å². The fourth-order valence-electron chi connectivity index (χ4n) is 3.23. The maximum absolute atomic E-state index is 9.36. The van der Waals surface area contributed by atoms with Crippen LogP contribution in [0.3, 0.4) is 0 Å². The first kappa shape index (κ1) is 16.7. The molecule has 6 nitrogen and oxygen atoms in total. The first-order valence-electron chi connectivity index (χ1n) is 8.52. The second-order valence-electron chi connectivity index (χ2n) is 6.52. The van der Waals surface area contributed by atoms with Gasteiger partial charge >= 0.3 is 0 Å². The van der Waals surface area contributed by atoms with E-state index < -0.39 is 0 Å². The highest BCUT2D eigenvalue weighted by molar-refractivity contribution is 6.35. The number of aromatic nitrogens is 2. The molecule has 7 heteroatoms. The van der Waals surface area contributed by atoms with Gasteiger partial charge in [-0.2, -0.15) is 5.26 Å². The number of hydrogen-bond acceptors (Lipinski definition) is 5. The lowest BCUT2D eigenvalue weighted by Crippen LogP contribution is -2.44. The van der Waals surface area contributed by atoms with Crippen molar-refractivity contribution in [1.29, 1.82) is 5.26 Å². The van der Waals surface area contributed by atoms with Crippen molar-refractivity contribution >= 4 is 39.7 Å². The molecule has 3 heterocycles. The largest absolute Gasteiger partial charge is 0.369 e. The van der Waals surface area contributed by atoms with Crippen molar-refractivity contribution in [2.75, 3.05) is 43.4 Å². The van der Waals surface area contributed by atoms with E-state index in [4.69, 9.17) is 11.6 Å². The second-order valence-corrected chi connectivity index (χ2v) is 6.93. The van der Waals surface area contributed by atoms with Crippen LogP contribution >= 0.6 is 11.6 Å². The standard InChI is InChI=1S/C19H19ClN6/c1-25-4-6-26(7-5-25)15-8-14(12-21)24-19(11-15)23-13-9-17(20)16-2-3-22-18(16)10-13/h2-3,8-11,22H,4-7H2,1H3,(H,23,24). The fourth-order valence-corrected chi connectivity index (χ4v) is 3.51. The Balaban J connectivity index is 1.65. The van der Waals surface area contributed by atoms with E-state index in [1.54, 1.807) is 0 Å². The van der Waals surface area contributed by atoms with Crippen LogP contribution in [-0.4, -0.2) is 48.1 Å². The van der Waals surface area contributed by atoms with Crippen molar-refractivity contribution in [1.82, 2.24) is 14.9 Å². The number of likely N-dealkylation sites (N-methyl/N-ethyl adjacent to an activating group) is 1. The molecule has 0 bridgehead atoms. The van der Waals surface area contributed by atoms with Gasteiger partial charge in [0.15, 0.2) is 0 Å². The first-order chi connectivity index (χ1) is 12.6. The Morgan fingerprint density at radius 3 is 2.77 bits per heavy atom. The second kappa shape index (κ2) is 6.87. The van der Waals surface area contributed by atoms with Crippen LogP contribution in [0, 0.1) is 11.3 Å². The highest BCUT2D eigenvalue weighted by atomic mass is 35.5. The maximum Gasteiger partial charge on any atom is 0.144 e. The van der Waals surface area contributed by atoms with Crippen molar-refractivity contribution in [3.63, 3.8) is 0 Å². The van der Waals surface area contributed by atoms with E-state index in [1.807, 2.05) is 36.5 Å². The number of H-pyrrole nitrogens is 1. The van der Waals surface area contributed by atoms with Gasteiger partial charge in [0.05, 0.1) is 5.02 Å². The average Bonchev–Trinajstić information content (AvgIpc) is 3.11. The maximum atomic E-state index is 9.36. The lowest BCUT2D eigenvalue weighted by Gasteiger charge is -2.34. The predicted octanol–water partition coefficient (Wildman–Crippen LogP) is 3.58. The molecule has 0 amide bonds. The number of aromatic amines is 1. The van der Waals surface area contributed by atoms with Crippen LogP contribution in [0.4, 0.5) is 17.2 Å². The van der Waals surface area contributed by atoms with Crippen molar-refractivity contribution in [2.24, 2.45) is 0 Å². The van der Waals surface area contributed by atoms with Gasteiger partial charge in [-0.25, -0.2) is 4.98 Å². The molecule has 2 N–H and O–H groups in total. The predicted molar refractivity (Wildman–Crippen MR) is 105 cm³/mol. The number of nitrogens with zero attached hydrogens (tertiary/aromatic N) is 4. The number of anilines is 3. The van der Waals surface area contributed by atoms with Crippen LogP contribution in [0.5, 0.6) is 0 Å². The van der Waals surface area contributed by atoms with E-state index in [0.717, 1.165) is 48.5 Å². The zero-order chi connectivity index (χ0) is 18.1. The molecule has 0 unspecified atom stereocenters. The third-order valence-electron chi connectivity index (χ3n) is 4.68. The Morgan fingerprint density at radius 2 is 2.00 bits per heavy atom. The summed E-state index contributed by atoms with van der Waals surface area (Å²) in [5, 5.41) is 14.3. The summed E-state index contributed by atoms with van der Waals surface area (Å²) in [6.45, 7) is 3.88. The summed E-state index contributed by atoms with van der Waals surface area (Å²) in [4.78, 5) is 12.1. The minimum atomic E-state index is 0.399. The van der Waals surface area contributed by atoms with Gasteiger partial charge in [-0.15, -0.1) is 0 Å². The summed E-state index contributed by atoms with van der Waals surface area (Å²) < 4.78 is 0. The number of rotatable bonds is 3. The van der Waals surface area contributed by atoms with E-state index >= 15 is 0 Å². The SMILES string of the molecule is CN1CCN(c2cc(C#N)nc(Nc3cc(Cl)c4cc[nH]c4c3)c2)CC1. The average molecular weight is 367 g/mol. The zero-order valence-electron chi connectivity index (χ0n) is 14.5. The third kappa shape index (κ3) is 3.32. The molecule has 3 aromatic rings. The van der Waals surface area contributed by atoms with Gasteiger partial charge in [-0.05, 0) is 31.3 Å². The summed E-state index contributed by atoms with van der Waals surface area (Å²) in [5.41, 5.74) is 3.20. The van der Waals surface area contributed by atoms with Crippen LogP contribution < -0.4 is 10.2 Å². The molecular weight excluding hydrogens is 348 g/mol. The highest BCUT2D eigenvalue weighted by Gasteiger charge is 2.16. The van der Waals surface area contributed by atoms with E-state index in [1.165, 1.54) is 0 Å². The molecule has 132 valence electrons. The molecule has 1 saturated heterocycles. The van der Waals surface area contributed by atoms with Crippen LogP contribution in [0.1, 0.15) is 5.69 Å². The summed E-state index contributed by atoms with van der Waals surface area (Å²) >= 11 is 6.35. The summed E-state index contributed by atoms with van der Waals surface area (Å²) in [6, 6.07) is 11.8. The van der Waals surface area contributed by atoms with Gasteiger partial charge < -0.3 is 20.1 Å². The molecule has 4 rings (SSSR count). The topological polar surface area (TPSA) is 71.0 Å². The van der Waals surface area contributed by atoms with E-state index in [9.17, 15) is 5.26 Å². The molecule has 1 fully saturated rings. The quantitative estimate of drug-likeness (QED) is 0.741. The molecule has 0 atom stereocenters. The molecule has 1 aliphatic heterocycles. The van der Waals surface area contributed by atoms with Crippen molar-refractivity contribution in [2.45, 2.75) is 0 Å². The van der Waals surface area contributed by atoms with Gasteiger partial charge in [0, 0.05) is 60.7 Å². The Kier molecular flexibility index (Phi) is 4.41. The summed E-state index contributed by atoms with van der Waals surface area (Å²) in [6.07, 6.45) is 1.86. The molecule has 0 radical (unpaired) electrons. The number of piperazine rings is 1. The number of benzene rings is 1. The molecule has 0 aliphatic carbocycles. The van der Waals surface area contributed by atoms with Gasteiger partial charge in [-0.1, -0.05) is 11.6 Å². The Morgan fingerprint density at radius 1 is 1.19 bits per heavy atom. The van der Waals surface area contributed by atoms with Crippen molar-refractivity contribution < 1.29 is 0 Å². The molecule has 26 heavy (non-hydrogen) atoms. The van der Waals surface area contributed by atoms with Crippen LogP contribution in [0.2, 0.25) is 5.02 Å². The summed E-state index contributed by atoms with van der Waals surface area (Å²) in [5.74, 6) is 0.639. The number of pyridine rings is 1. The van der Waals surface area contributed by atoms with Gasteiger partial charge in [0.25, 0.3) is 0 Å². The molecule has 0 spiro atoms. The molecule has 2 aromatic heterocycles. The van der Waals surface area contributed by atoms with Crippen molar-refractivity contribution in [3.05, 3.63) is 47.2 Å². The Hall–Kier alpha value is -2.75. The monoisotopic (exact) mass is 366 g/mol. The molecular formula is C19H19ClN6. The van der Waals surface area contributed by atoms with Crippen LogP contribution in [0.25, 0.3) is 10.9 Å². The Bertz CT molecular complexity index is 981. The minimum absolute atomic E-state index is 0.399. The molecule has 1 aromatic carbocycles. The fraction of sp³-hybridized carbons (Fsp3) is 0.263. The van der Waals surface area contributed by atoms with Gasteiger partial charge in [0.2, 0.25) is 0 Å². The lowest BCUT2D eigenvalue weighted by atomic mass is 10.2. The number of nitrogens with one attached hydrogen (secondary N) is 2. The van der Waals surface area contributed by atoms with E-state index in [0.29, 0.717) is 16.5 Å². The Labute approximate surface area is 157 Å². The smallest absolute Gasteiger partial charge is 0.144 e. The molecule has 1 aliphatic rings. The van der Waals surface area contributed by atoms with E-state index in [-0.39, 0.29) is 0 Å². The van der Waals surface area contributed by atoms with E-state index in [2.05, 4.69) is 38.2 Å². The number of fused-ring (bicyclic) bond motifs is 1. The van der Waals surface area contributed by atoms with Gasteiger partial charge in [0.1, 0.15) is 17.6 Å². The normalized spacial score (nSPS) is 15.2. The number of hydrogen-bond donors (Lipinski definition) is 2. The van der Waals surface area contributed by atoms with Crippen LogP contribution in [0.15, 0.2) is 36.5 Å². The highest BCUT2D eigenvalue weighted by Crippen LogP contribution is 2.29. The summed E-state index contributed by atoms with van der Waals surface area (Å²) in [7, 11) is 2.12. The van der Waals surface area contributed by atoms with Gasteiger partial charge in [-0.3, -0.25) is 0 Å². The number of nitriles is 1. The van der Waals surface area contributed by atoms with Crippen molar-refractivity contribution in [3.8, 4) is 6.07 Å². The molecule has 0 saturated carbocycles.